The van der Waals surface area contributed by atoms with Gasteiger partial charge in [-0.15, -0.1) is 11.6 Å². The van der Waals surface area contributed by atoms with Crippen molar-refractivity contribution in [3.05, 3.63) is 35.9 Å². The Kier molecular flexibility index (Phi) is 3.27. The molecule has 1 saturated heterocycles. The Morgan fingerprint density at radius 2 is 2.07 bits per heavy atom. The van der Waals surface area contributed by atoms with Gasteiger partial charge in [-0.1, -0.05) is 30.3 Å². The minimum Gasteiger partial charge on any atom is -0.334 e. The first kappa shape index (κ1) is 10.5. The Hall–Kier alpha value is -1.02. The lowest BCUT2D eigenvalue weighted by Gasteiger charge is -2.23. The van der Waals surface area contributed by atoms with Gasteiger partial charge in [0.1, 0.15) is 0 Å². The highest BCUT2D eigenvalue weighted by molar-refractivity contribution is 6.18. The fraction of sp³-hybridized carbons (Fsp3) is 0.417. The number of carbonyl (C=O) groups excluding carboxylic acids is 1. The van der Waals surface area contributed by atoms with Crippen LogP contribution in [0.1, 0.15) is 18.4 Å². The van der Waals surface area contributed by atoms with Gasteiger partial charge >= 0.3 is 0 Å². The predicted molar refractivity (Wildman–Crippen MR) is 60.7 cm³/mol. The number of halogens is 1. The third-order valence-corrected chi connectivity index (χ3v) is 3.18. The van der Waals surface area contributed by atoms with Gasteiger partial charge < -0.3 is 4.90 Å². The highest BCUT2D eigenvalue weighted by Crippen LogP contribution is 2.22. The van der Waals surface area contributed by atoms with Gasteiger partial charge in [-0.2, -0.15) is 0 Å². The molecule has 0 spiro atoms. The third-order valence-electron chi connectivity index (χ3n) is 2.83. The Balaban J connectivity index is 2.07. The highest BCUT2D eigenvalue weighted by atomic mass is 35.5. The van der Waals surface area contributed by atoms with Gasteiger partial charge in [0.05, 0.1) is 0 Å². The fourth-order valence-corrected chi connectivity index (χ4v) is 2.27. The summed E-state index contributed by atoms with van der Waals surface area (Å²) in [7, 11) is 0. The van der Waals surface area contributed by atoms with Crippen LogP contribution in [-0.4, -0.2) is 22.7 Å². The minimum atomic E-state index is 0.222. The number of nitrogens with zero attached hydrogens (tertiary/aromatic N) is 1. The first-order valence-electron chi connectivity index (χ1n) is 5.20. The van der Waals surface area contributed by atoms with E-state index in [4.69, 9.17) is 11.6 Å². The second-order valence-electron chi connectivity index (χ2n) is 3.85. The standard InChI is InChI=1S/C12H14ClNO/c13-8-11-6-7-12(15)14(11)9-10-4-2-1-3-5-10/h1-5,11H,6-9H2. The van der Waals surface area contributed by atoms with Crippen LogP contribution in [-0.2, 0) is 11.3 Å². The molecule has 1 amide bonds. The van der Waals surface area contributed by atoms with Gasteiger partial charge in [-0.05, 0) is 12.0 Å². The predicted octanol–water partition coefficient (Wildman–Crippen LogP) is 2.42. The molecule has 2 rings (SSSR count). The zero-order valence-electron chi connectivity index (χ0n) is 8.53. The summed E-state index contributed by atoms with van der Waals surface area (Å²) in [5, 5.41) is 0. The number of amides is 1. The van der Waals surface area contributed by atoms with Crippen molar-refractivity contribution in [1.82, 2.24) is 4.90 Å². The number of rotatable bonds is 3. The van der Waals surface area contributed by atoms with Crippen molar-refractivity contribution in [2.24, 2.45) is 0 Å². The van der Waals surface area contributed by atoms with Crippen molar-refractivity contribution >= 4 is 17.5 Å². The second kappa shape index (κ2) is 4.67. The monoisotopic (exact) mass is 223 g/mol. The number of likely N-dealkylation sites (tertiary alicyclic amines) is 1. The molecular formula is C12H14ClNO. The Labute approximate surface area is 94.8 Å². The zero-order valence-corrected chi connectivity index (χ0v) is 9.28. The van der Waals surface area contributed by atoms with E-state index in [9.17, 15) is 4.79 Å². The zero-order chi connectivity index (χ0) is 10.7. The largest absolute Gasteiger partial charge is 0.334 e. The van der Waals surface area contributed by atoms with E-state index in [1.54, 1.807) is 0 Å². The van der Waals surface area contributed by atoms with Crippen LogP contribution in [0.4, 0.5) is 0 Å². The second-order valence-corrected chi connectivity index (χ2v) is 4.16. The molecule has 1 aliphatic rings. The van der Waals surface area contributed by atoms with E-state index in [1.165, 1.54) is 5.56 Å². The summed E-state index contributed by atoms with van der Waals surface area (Å²) in [5.41, 5.74) is 1.17. The maximum Gasteiger partial charge on any atom is 0.223 e. The third kappa shape index (κ3) is 2.32. The number of hydrogen-bond acceptors (Lipinski definition) is 1. The molecule has 2 nitrogen and oxygen atoms in total. The fourth-order valence-electron chi connectivity index (χ4n) is 1.95. The molecule has 1 atom stereocenters. The van der Waals surface area contributed by atoms with Crippen molar-refractivity contribution < 1.29 is 4.79 Å². The molecule has 0 aliphatic carbocycles. The van der Waals surface area contributed by atoms with E-state index in [0.717, 1.165) is 6.42 Å². The lowest BCUT2D eigenvalue weighted by molar-refractivity contribution is -0.129. The minimum absolute atomic E-state index is 0.222. The number of benzene rings is 1. The highest BCUT2D eigenvalue weighted by Gasteiger charge is 2.29. The van der Waals surface area contributed by atoms with Crippen molar-refractivity contribution in [1.29, 1.82) is 0 Å². The van der Waals surface area contributed by atoms with E-state index in [-0.39, 0.29) is 11.9 Å². The van der Waals surface area contributed by atoms with Crippen LogP contribution >= 0.6 is 11.6 Å². The van der Waals surface area contributed by atoms with Crippen LogP contribution < -0.4 is 0 Å². The lowest BCUT2D eigenvalue weighted by atomic mass is 10.2. The number of carbonyl (C=O) groups is 1. The summed E-state index contributed by atoms with van der Waals surface area (Å²) in [4.78, 5) is 13.5. The first-order chi connectivity index (χ1) is 7.31. The van der Waals surface area contributed by atoms with Crippen LogP contribution in [0.2, 0.25) is 0 Å². The SMILES string of the molecule is O=C1CCC(CCl)N1Cc1ccccc1. The molecule has 1 aromatic rings. The first-order valence-corrected chi connectivity index (χ1v) is 5.74. The molecule has 1 fully saturated rings. The van der Waals surface area contributed by atoms with Crippen molar-refractivity contribution in [2.75, 3.05) is 5.88 Å². The molecule has 0 saturated carbocycles. The maximum absolute atomic E-state index is 11.6. The molecule has 0 aromatic heterocycles. The molecule has 1 aromatic carbocycles. The molecule has 1 aliphatic heterocycles. The summed E-state index contributed by atoms with van der Waals surface area (Å²) < 4.78 is 0. The molecule has 1 heterocycles. The molecule has 3 heteroatoms. The van der Waals surface area contributed by atoms with Crippen LogP contribution in [0.5, 0.6) is 0 Å². The summed E-state index contributed by atoms with van der Waals surface area (Å²) >= 11 is 5.84. The van der Waals surface area contributed by atoms with Gasteiger partial charge in [0.2, 0.25) is 5.91 Å². The molecule has 0 radical (unpaired) electrons. The van der Waals surface area contributed by atoms with Gasteiger partial charge in [-0.25, -0.2) is 0 Å². The Morgan fingerprint density at radius 3 is 2.73 bits per heavy atom. The topological polar surface area (TPSA) is 20.3 Å². The van der Waals surface area contributed by atoms with E-state index in [1.807, 2.05) is 35.2 Å². The van der Waals surface area contributed by atoms with E-state index in [0.29, 0.717) is 18.8 Å². The summed E-state index contributed by atoms with van der Waals surface area (Å²) in [5.74, 6) is 0.767. The molecule has 15 heavy (non-hydrogen) atoms. The molecule has 0 bridgehead atoms. The average molecular weight is 224 g/mol. The summed E-state index contributed by atoms with van der Waals surface area (Å²) in [6, 6.07) is 10.3. The van der Waals surface area contributed by atoms with Crippen molar-refractivity contribution in [2.45, 2.75) is 25.4 Å². The van der Waals surface area contributed by atoms with Crippen LogP contribution in [0.25, 0.3) is 0 Å². The summed E-state index contributed by atoms with van der Waals surface area (Å²) in [6.07, 6.45) is 1.54. The van der Waals surface area contributed by atoms with Gasteiger partial charge in [0.15, 0.2) is 0 Å². The molecule has 1 unspecified atom stereocenters. The van der Waals surface area contributed by atoms with Gasteiger partial charge in [0, 0.05) is 24.9 Å². The number of hydrogen-bond donors (Lipinski definition) is 0. The summed E-state index contributed by atoms with van der Waals surface area (Å²) in [6.45, 7) is 0.692. The average Bonchev–Trinajstić information content (AvgIpc) is 2.62. The smallest absolute Gasteiger partial charge is 0.223 e. The number of alkyl halides is 1. The lowest BCUT2D eigenvalue weighted by Crippen LogP contribution is -2.33. The molecule has 80 valence electrons. The van der Waals surface area contributed by atoms with E-state index in [2.05, 4.69) is 0 Å². The quantitative estimate of drug-likeness (QED) is 0.721. The van der Waals surface area contributed by atoms with Crippen LogP contribution in [0.3, 0.4) is 0 Å². The Bertz CT molecular complexity index is 339. The van der Waals surface area contributed by atoms with Gasteiger partial charge in [-0.3, -0.25) is 4.79 Å². The van der Waals surface area contributed by atoms with Gasteiger partial charge in [0.25, 0.3) is 0 Å². The van der Waals surface area contributed by atoms with Crippen molar-refractivity contribution in [3.63, 3.8) is 0 Å². The van der Waals surface area contributed by atoms with Crippen LogP contribution in [0, 0.1) is 0 Å². The maximum atomic E-state index is 11.6. The molecular weight excluding hydrogens is 210 g/mol. The van der Waals surface area contributed by atoms with Crippen molar-refractivity contribution in [3.8, 4) is 0 Å². The van der Waals surface area contributed by atoms with E-state index >= 15 is 0 Å². The van der Waals surface area contributed by atoms with Crippen LogP contribution in [0.15, 0.2) is 30.3 Å². The normalized spacial score (nSPS) is 21.0. The molecule has 0 N–H and O–H groups in total. The Morgan fingerprint density at radius 1 is 1.33 bits per heavy atom. The van der Waals surface area contributed by atoms with E-state index < -0.39 is 0 Å².